The van der Waals surface area contributed by atoms with Crippen LogP contribution in [0.3, 0.4) is 0 Å². The van der Waals surface area contributed by atoms with E-state index in [1.165, 1.54) is 4.31 Å². The molecule has 0 saturated heterocycles. The molecule has 0 spiro atoms. The fraction of sp³-hybridized carbons (Fsp3) is 0.217. The molecule has 3 aromatic rings. The molecule has 0 aliphatic carbocycles. The van der Waals surface area contributed by atoms with Gasteiger partial charge >= 0.3 is 0 Å². The Hall–Kier alpha value is -2.35. The van der Waals surface area contributed by atoms with E-state index in [1.54, 1.807) is 26.4 Å². The summed E-state index contributed by atoms with van der Waals surface area (Å²) >= 11 is 3.41. The molecule has 5 nitrogen and oxygen atoms in total. The monoisotopic (exact) mass is 489 g/mol. The Balaban J connectivity index is 1.97. The molecule has 158 valence electrons. The van der Waals surface area contributed by atoms with E-state index >= 15 is 0 Å². The predicted octanol–water partition coefficient (Wildman–Crippen LogP) is 5.17. The van der Waals surface area contributed by atoms with E-state index in [1.807, 2.05) is 61.5 Å². The highest BCUT2D eigenvalue weighted by atomic mass is 79.9. The van der Waals surface area contributed by atoms with Gasteiger partial charge in [0.25, 0.3) is 0 Å². The van der Waals surface area contributed by atoms with Crippen molar-refractivity contribution in [2.24, 2.45) is 0 Å². The normalized spacial score (nSPS) is 11.5. The lowest BCUT2D eigenvalue weighted by Crippen LogP contribution is -2.30. The molecular weight excluding hydrogens is 466 g/mol. The summed E-state index contributed by atoms with van der Waals surface area (Å²) < 4.78 is 39.7. The number of benzene rings is 3. The third-order valence-corrected chi connectivity index (χ3v) is 6.92. The Kier molecular flexibility index (Phi) is 7.18. The van der Waals surface area contributed by atoms with Crippen LogP contribution in [0.15, 0.2) is 76.1 Å². The lowest BCUT2D eigenvalue weighted by Gasteiger charge is -2.23. The predicted molar refractivity (Wildman–Crippen MR) is 121 cm³/mol. The van der Waals surface area contributed by atoms with Crippen molar-refractivity contribution in [2.75, 3.05) is 14.2 Å². The number of hydrogen-bond donors (Lipinski definition) is 0. The van der Waals surface area contributed by atoms with Gasteiger partial charge in [-0.2, -0.15) is 4.31 Å². The van der Waals surface area contributed by atoms with E-state index < -0.39 is 10.0 Å². The average Bonchev–Trinajstić information content (AvgIpc) is 2.73. The first-order chi connectivity index (χ1) is 14.3. The van der Waals surface area contributed by atoms with Crippen molar-refractivity contribution < 1.29 is 17.9 Å². The number of hydrogen-bond acceptors (Lipinski definition) is 4. The Morgan fingerprint density at radius 3 is 1.67 bits per heavy atom. The lowest BCUT2D eigenvalue weighted by molar-refractivity contribution is 0.397. The number of ether oxygens (including phenoxy) is 2. The Morgan fingerprint density at radius 1 is 0.800 bits per heavy atom. The summed E-state index contributed by atoms with van der Waals surface area (Å²) in [5.41, 5.74) is 2.62. The van der Waals surface area contributed by atoms with Crippen molar-refractivity contribution in [1.29, 1.82) is 0 Å². The van der Waals surface area contributed by atoms with Crippen LogP contribution in [0.5, 0.6) is 11.5 Å². The number of nitrogens with zero attached hydrogens (tertiary/aromatic N) is 1. The highest BCUT2D eigenvalue weighted by Crippen LogP contribution is 2.26. The zero-order valence-corrected chi connectivity index (χ0v) is 19.5. The largest absolute Gasteiger partial charge is 0.497 e. The molecule has 3 rings (SSSR count). The van der Waals surface area contributed by atoms with E-state index in [0.717, 1.165) is 32.7 Å². The van der Waals surface area contributed by atoms with Gasteiger partial charge in [-0.05, 0) is 66.1 Å². The molecule has 0 aromatic heterocycles. The van der Waals surface area contributed by atoms with E-state index in [-0.39, 0.29) is 18.0 Å². The molecule has 0 amide bonds. The molecule has 30 heavy (non-hydrogen) atoms. The minimum absolute atomic E-state index is 0.240. The van der Waals surface area contributed by atoms with Gasteiger partial charge in [0.1, 0.15) is 11.5 Å². The van der Waals surface area contributed by atoms with Crippen LogP contribution in [0.1, 0.15) is 16.7 Å². The van der Waals surface area contributed by atoms with Gasteiger partial charge in [0, 0.05) is 17.6 Å². The minimum Gasteiger partial charge on any atom is -0.497 e. The van der Waals surface area contributed by atoms with Crippen molar-refractivity contribution in [3.05, 3.63) is 87.9 Å². The van der Waals surface area contributed by atoms with Crippen molar-refractivity contribution in [2.45, 2.75) is 24.9 Å². The van der Waals surface area contributed by atoms with Crippen LogP contribution in [-0.4, -0.2) is 26.9 Å². The van der Waals surface area contributed by atoms with Crippen LogP contribution >= 0.6 is 15.9 Å². The lowest BCUT2D eigenvalue weighted by atomic mass is 10.2. The van der Waals surface area contributed by atoms with Gasteiger partial charge < -0.3 is 9.47 Å². The smallest absolute Gasteiger partial charge is 0.243 e. The molecule has 0 aliphatic heterocycles. The molecule has 7 heteroatoms. The fourth-order valence-electron chi connectivity index (χ4n) is 3.10. The van der Waals surface area contributed by atoms with Gasteiger partial charge in [-0.25, -0.2) is 8.42 Å². The Labute approximate surface area is 186 Å². The first kappa shape index (κ1) is 22.3. The summed E-state index contributed by atoms with van der Waals surface area (Å²) in [6.45, 7) is 2.36. The van der Waals surface area contributed by atoms with Crippen LogP contribution in [0.2, 0.25) is 0 Å². The molecule has 0 aliphatic rings. The summed E-state index contributed by atoms with van der Waals surface area (Å²) in [6.07, 6.45) is 0. The first-order valence-electron chi connectivity index (χ1n) is 9.35. The number of halogens is 1. The van der Waals surface area contributed by atoms with Crippen molar-refractivity contribution in [3.63, 3.8) is 0 Å². The number of sulfonamides is 1. The minimum atomic E-state index is -3.73. The SMILES string of the molecule is COc1ccc(CN(Cc2ccc(OC)cc2)S(=O)(=O)c2cc(C)cc(Br)c2)cc1. The van der Waals surface area contributed by atoms with Gasteiger partial charge in [0.05, 0.1) is 19.1 Å². The Bertz CT molecular complexity index is 1030. The molecule has 3 aromatic carbocycles. The van der Waals surface area contributed by atoms with Crippen LogP contribution in [0.25, 0.3) is 0 Å². The zero-order valence-electron chi connectivity index (χ0n) is 17.1. The second kappa shape index (κ2) is 9.64. The van der Waals surface area contributed by atoms with Crippen molar-refractivity contribution in [1.82, 2.24) is 4.31 Å². The molecule has 0 bridgehead atoms. The topological polar surface area (TPSA) is 55.8 Å². The first-order valence-corrected chi connectivity index (χ1v) is 11.6. The van der Waals surface area contributed by atoms with Crippen LogP contribution in [0, 0.1) is 6.92 Å². The summed E-state index contributed by atoms with van der Waals surface area (Å²) in [7, 11) is -0.529. The number of methoxy groups -OCH3 is 2. The third-order valence-electron chi connectivity index (χ3n) is 4.69. The quantitative estimate of drug-likeness (QED) is 0.438. The summed E-state index contributed by atoms with van der Waals surface area (Å²) in [5.74, 6) is 1.46. The number of rotatable bonds is 8. The second-order valence-corrected chi connectivity index (χ2v) is 9.79. The molecule has 0 fully saturated rings. The standard InChI is InChI=1S/C23H24BrNO4S/c1-17-12-20(24)14-23(13-17)30(26,27)25(15-18-4-8-21(28-2)9-5-18)16-19-6-10-22(29-3)11-7-19/h4-14H,15-16H2,1-3H3. The van der Waals surface area contributed by atoms with E-state index in [4.69, 9.17) is 9.47 Å². The van der Waals surface area contributed by atoms with Gasteiger partial charge in [-0.3, -0.25) is 0 Å². The van der Waals surface area contributed by atoms with Crippen LogP contribution in [0.4, 0.5) is 0 Å². The van der Waals surface area contributed by atoms with Crippen molar-refractivity contribution >= 4 is 26.0 Å². The van der Waals surface area contributed by atoms with E-state index in [0.29, 0.717) is 0 Å². The van der Waals surface area contributed by atoms with E-state index in [2.05, 4.69) is 15.9 Å². The highest BCUT2D eigenvalue weighted by molar-refractivity contribution is 9.10. The van der Waals surface area contributed by atoms with Crippen LogP contribution in [-0.2, 0) is 23.1 Å². The summed E-state index contributed by atoms with van der Waals surface area (Å²) in [6, 6.07) is 20.0. The molecule has 0 unspecified atom stereocenters. The molecule has 0 saturated carbocycles. The summed E-state index contributed by atoms with van der Waals surface area (Å²) in [4.78, 5) is 0.261. The Morgan fingerprint density at radius 2 is 1.27 bits per heavy atom. The van der Waals surface area contributed by atoms with Gasteiger partial charge in [0.2, 0.25) is 10.0 Å². The molecule has 0 atom stereocenters. The van der Waals surface area contributed by atoms with Crippen molar-refractivity contribution in [3.8, 4) is 11.5 Å². The molecule has 0 radical (unpaired) electrons. The van der Waals surface area contributed by atoms with Gasteiger partial charge in [-0.1, -0.05) is 40.2 Å². The number of aryl methyl sites for hydroxylation is 1. The maximum Gasteiger partial charge on any atom is 0.243 e. The average molecular weight is 490 g/mol. The van der Waals surface area contributed by atoms with E-state index in [9.17, 15) is 8.42 Å². The van der Waals surface area contributed by atoms with Gasteiger partial charge in [0.15, 0.2) is 0 Å². The fourth-order valence-corrected chi connectivity index (χ4v) is 5.40. The summed E-state index contributed by atoms with van der Waals surface area (Å²) in [5, 5.41) is 0. The second-order valence-electron chi connectivity index (χ2n) is 6.93. The third kappa shape index (κ3) is 5.41. The highest BCUT2D eigenvalue weighted by Gasteiger charge is 2.25. The molecule has 0 N–H and O–H groups in total. The van der Waals surface area contributed by atoms with Gasteiger partial charge in [-0.15, -0.1) is 0 Å². The maximum atomic E-state index is 13.5. The van der Waals surface area contributed by atoms with Crippen LogP contribution < -0.4 is 9.47 Å². The molecule has 0 heterocycles. The molecular formula is C23H24BrNO4S. The zero-order chi connectivity index (χ0) is 21.7. The maximum absolute atomic E-state index is 13.5.